The molecule has 21 heavy (non-hydrogen) atoms. The predicted molar refractivity (Wildman–Crippen MR) is 86.5 cm³/mol. The smallest absolute Gasteiger partial charge is 0.550 e. The van der Waals surface area contributed by atoms with Gasteiger partial charge in [0.15, 0.2) is 0 Å². The molecule has 0 N–H and O–H groups in total. The Balaban J connectivity index is -0.000000295. The van der Waals surface area contributed by atoms with E-state index < -0.39 is 5.97 Å². The van der Waals surface area contributed by atoms with Crippen LogP contribution >= 0.6 is 0 Å². The van der Waals surface area contributed by atoms with Crippen molar-refractivity contribution < 1.29 is 39.5 Å². The fourth-order valence-corrected chi connectivity index (χ4v) is 1.70. The van der Waals surface area contributed by atoms with Crippen molar-refractivity contribution in [2.24, 2.45) is 0 Å². The van der Waals surface area contributed by atoms with Gasteiger partial charge in [-0.25, -0.2) is 0 Å². The van der Waals surface area contributed by atoms with E-state index in [9.17, 15) is 9.90 Å². The molecule has 0 aliphatic carbocycles. The van der Waals surface area contributed by atoms with Crippen LogP contribution in [-0.2, 0) is 4.79 Å². The zero-order valence-corrected chi connectivity index (χ0v) is 16.5. The van der Waals surface area contributed by atoms with Crippen LogP contribution in [0.25, 0.3) is 0 Å². The molecule has 0 aromatic carbocycles. The molecule has 0 unspecified atom stereocenters. The van der Waals surface area contributed by atoms with Gasteiger partial charge >= 0.3 is 29.6 Å². The largest absolute Gasteiger partial charge is 1.00 e. The predicted octanol–water partition coefficient (Wildman–Crippen LogP) is 1.80. The van der Waals surface area contributed by atoms with Crippen LogP contribution in [0.5, 0.6) is 0 Å². The molecule has 2 nitrogen and oxygen atoms in total. The second kappa shape index (κ2) is 24.9. The molecule has 0 saturated heterocycles. The Bertz CT molecular complexity index is 237. The summed E-state index contributed by atoms with van der Waals surface area (Å²) in [6.45, 7) is 8.01. The summed E-state index contributed by atoms with van der Waals surface area (Å²) >= 11 is 0. The number of carboxylic acid groups (broad SMARTS) is 1. The van der Waals surface area contributed by atoms with Gasteiger partial charge in [0.2, 0.25) is 0 Å². The van der Waals surface area contributed by atoms with Crippen molar-refractivity contribution in [3.05, 3.63) is 24.8 Å². The molecule has 0 fully saturated rings. The van der Waals surface area contributed by atoms with Crippen LogP contribution in [0.2, 0.25) is 0 Å². The maximum atomic E-state index is 9.92. The van der Waals surface area contributed by atoms with Gasteiger partial charge < -0.3 is 9.90 Å². The Kier molecular flexibility index (Phi) is 30.7. The summed E-state index contributed by atoms with van der Waals surface area (Å²) in [6.07, 6.45) is 18.2. The van der Waals surface area contributed by atoms with E-state index in [-0.39, 0.29) is 36.0 Å². The Morgan fingerprint density at radius 1 is 0.952 bits per heavy atom. The van der Waals surface area contributed by atoms with Crippen molar-refractivity contribution in [1.82, 2.24) is 0 Å². The molecule has 0 spiro atoms. The molecule has 0 bridgehead atoms. The maximum Gasteiger partial charge on any atom is 1.00 e. The fraction of sp³-hybridized carbons (Fsp3) is 0.722. The minimum Gasteiger partial charge on any atom is -0.550 e. The number of carbonyl (C=O) groups excluding carboxylic acids is 1. The number of unbranched alkanes of at least 4 members (excludes halogenated alkanes) is 7. The Morgan fingerprint density at radius 3 is 2.05 bits per heavy atom. The van der Waals surface area contributed by atoms with Crippen LogP contribution in [-0.4, -0.2) is 5.97 Å². The first kappa shape index (κ1) is 25.9. The Labute approximate surface area is 154 Å². The molecular formula is C18H33NaO2. The topological polar surface area (TPSA) is 40.1 Å². The van der Waals surface area contributed by atoms with Gasteiger partial charge in [-0.05, 0) is 32.1 Å². The minimum absolute atomic E-state index is 0. The summed E-state index contributed by atoms with van der Waals surface area (Å²) in [5.41, 5.74) is 0. The van der Waals surface area contributed by atoms with Gasteiger partial charge in [-0.2, -0.15) is 0 Å². The quantitative estimate of drug-likeness (QED) is 0.313. The van der Waals surface area contributed by atoms with E-state index in [1.165, 1.54) is 38.5 Å². The van der Waals surface area contributed by atoms with Crippen molar-refractivity contribution in [3.63, 3.8) is 0 Å². The van der Waals surface area contributed by atoms with Crippen LogP contribution in [0.15, 0.2) is 24.8 Å². The number of allylic oxidation sites excluding steroid dienone is 3. The SMILES string of the molecule is C=CC/C=C/CCCCC.CCCCCCCC(=O)[O-].[Na+]. The number of hydrogen-bond acceptors (Lipinski definition) is 2. The second-order valence-corrected chi connectivity index (χ2v) is 5.03. The van der Waals surface area contributed by atoms with Gasteiger partial charge in [0.25, 0.3) is 0 Å². The Morgan fingerprint density at radius 2 is 1.52 bits per heavy atom. The van der Waals surface area contributed by atoms with E-state index in [4.69, 9.17) is 0 Å². The van der Waals surface area contributed by atoms with Crippen LogP contribution in [0.3, 0.4) is 0 Å². The van der Waals surface area contributed by atoms with E-state index in [0.717, 1.165) is 25.7 Å². The molecule has 0 aliphatic heterocycles. The van der Waals surface area contributed by atoms with E-state index in [1.54, 1.807) is 0 Å². The molecule has 0 aromatic heterocycles. The first-order chi connectivity index (χ1) is 9.68. The van der Waals surface area contributed by atoms with Gasteiger partial charge in [-0.15, -0.1) is 6.58 Å². The van der Waals surface area contributed by atoms with Crippen molar-refractivity contribution in [3.8, 4) is 0 Å². The van der Waals surface area contributed by atoms with Crippen LogP contribution in [0.1, 0.15) is 84.5 Å². The van der Waals surface area contributed by atoms with Gasteiger partial charge in [-0.1, -0.05) is 70.6 Å². The number of aliphatic carboxylic acids is 1. The molecule has 0 atom stereocenters. The third kappa shape index (κ3) is 33.0. The van der Waals surface area contributed by atoms with Crippen molar-refractivity contribution in [2.75, 3.05) is 0 Å². The molecule has 3 heteroatoms. The summed E-state index contributed by atoms with van der Waals surface area (Å²) in [6, 6.07) is 0. The normalized spacial score (nSPS) is 9.62. The van der Waals surface area contributed by atoms with Crippen LogP contribution in [0, 0.1) is 0 Å². The van der Waals surface area contributed by atoms with Gasteiger partial charge in [-0.3, -0.25) is 0 Å². The molecule has 0 radical (unpaired) electrons. The first-order valence-corrected chi connectivity index (χ1v) is 8.14. The minimum atomic E-state index is -0.920. The maximum absolute atomic E-state index is 9.92. The summed E-state index contributed by atoms with van der Waals surface area (Å²) in [7, 11) is 0. The summed E-state index contributed by atoms with van der Waals surface area (Å²) < 4.78 is 0. The molecule has 118 valence electrons. The number of rotatable bonds is 12. The van der Waals surface area contributed by atoms with Gasteiger partial charge in [0.05, 0.1) is 0 Å². The average Bonchev–Trinajstić information content (AvgIpc) is 2.43. The monoisotopic (exact) mass is 304 g/mol. The van der Waals surface area contributed by atoms with Crippen molar-refractivity contribution >= 4 is 5.97 Å². The van der Waals surface area contributed by atoms with E-state index in [2.05, 4.69) is 32.6 Å². The molecule has 0 aliphatic rings. The summed E-state index contributed by atoms with van der Waals surface area (Å²) in [4.78, 5) is 9.92. The van der Waals surface area contributed by atoms with Crippen molar-refractivity contribution in [2.45, 2.75) is 84.5 Å². The van der Waals surface area contributed by atoms with Gasteiger partial charge in [0.1, 0.15) is 0 Å². The van der Waals surface area contributed by atoms with E-state index >= 15 is 0 Å². The third-order valence-corrected chi connectivity index (χ3v) is 2.93. The molecule has 0 rings (SSSR count). The van der Waals surface area contributed by atoms with E-state index in [1.807, 2.05) is 6.08 Å². The molecule has 0 saturated carbocycles. The second-order valence-electron chi connectivity index (χ2n) is 5.03. The molecule has 0 heterocycles. The van der Waals surface area contributed by atoms with E-state index in [0.29, 0.717) is 0 Å². The van der Waals surface area contributed by atoms with Crippen LogP contribution < -0.4 is 34.7 Å². The molecule has 0 aromatic rings. The number of hydrogen-bond donors (Lipinski definition) is 0. The summed E-state index contributed by atoms with van der Waals surface area (Å²) in [5, 5.41) is 9.92. The fourth-order valence-electron chi connectivity index (χ4n) is 1.70. The summed E-state index contributed by atoms with van der Waals surface area (Å²) in [5.74, 6) is -0.920. The number of carboxylic acids is 1. The Hall–Kier alpha value is -0.0500. The molecular weight excluding hydrogens is 271 g/mol. The zero-order chi connectivity index (χ0) is 15.5. The standard InChI is InChI=1S/C10H18.C8H16O2.Na/c1-3-5-7-9-10-8-6-4-2;1-2-3-4-5-6-7-8(9)10;/h3,7,9H,1,4-6,8,10H2,2H3;2-7H2,1H3,(H,9,10);/q;;+1/p-1/b9-7+;;. The first-order valence-electron chi connectivity index (χ1n) is 8.14. The zero-order valence-electron chi connectivity index (χ0n) is 14.5. The van der Waals surface area contributed by atoms with Gasteiger partial charge in [0, 0.05) is 5.97 Å². The number of carbonyl (C=O) groups is 1. The molecule has 0 amide bonds. The van der Waals surface area contributed by atoms with Crippen molar-refractivity contribution in [1.29, 1.82) is 0 Å². The van der Waals surface area contributed by atoms with Crippen LogP contribution in [0.4, 0.5) is 0 Å². The average molecular weight is 304 g/mol. The third-order valence-electron chi connectivity index (χ3n) is 2.93.